The van der Waals surface area contributed by atoms with Gasteiger partial charge in [-0.15, -0.1) is 0 Å². The molecule has 0 spiro atoms. The summed E-state index contributed by atoms with van der Waals surface area (Å²) in [4.78, 5) is 12.2. The Bertz CT molecular complexity index is 442. The van der Waals surface area contributed by atoms with Gasteiger partial charge in [-0.3, -0.25) is 4.79 Å². The van der Waals surface area contributed by atoms with Crippen molar-refractivity contribution in [3.8, 4) is 0 Å². The number of hydrogen-bond acceptors (Lipinski definition) is 1. The number of amides is 1. The van der Waals surface area contributed by atoms with Gasteiger partial charge in [-0.05, 0) is 34.9 Å². The zero-order valence-corrected chi connectivity index (χ0v) is 12.0. The molecule has 2 heteroatoms. The minimum atomic E-state index is 0.0977. The molecule has 1 amide bonds. The summed E-state index contributed by atoms with van der Waals surface area (Å²) in [7, 11) is 0. The zero-order chi connectivity index (χ0) is 13.6. The monoisotopic (exact) mass is 245 g/mol. The summed E-state index contributed by atoms with van der Waals surface area (Å²) in [5.41, 5.74) is 2.39. The van der Waals surface area contributed by atoms with E-state index < -0.39 is 0 Å². The lowest BCUT2D eigenvalue weighted by atomic mass is 10.0. The second-order valence-corrected chi connectivity index (χ2v) is 6.42. The van der Waals surface area contributed by atoms with Gasteiger partial charge in [-0.1, -0.05) is 46.8 Å². The molecule has 98 valence electrons. The lowest BCUT2D eigenvalue weighted by molar-refractivity contribution is -0.118. The standard InChI is InChI=1S/C16H23NO/c1-6-11-7-9-12(10-8-11)17-14(18)13-15(2,3)16(13,4)5/h7-10,13H,6H2,1-5H3,(H,17,18). The van der Waals surface area contributed by atoms with Crippen LogP contribution in [0.25, 0.3) is 0 Å². The molecule has 0 radical (unpaired) electrons. The highest BCUT2D eigenvalue weighted by molar-refractivity contribution is 5.96. The van der Waals surface area contributed by atoms with Crippen LogP contribution in [0, 0.1) is 16.7 Å². The third-order valence-electron chi connectivity index (χ3n) is 4.91. The Morgan fingerprint density at radius 1 is 1.11 bits per heavy atom. The molecule has 2 rings (SSSR count). The second kappa shape index (κ2) is 4.11. The lowest BCUT2D eigenvalue weighted by Gasteiger charge is -2.07. The highest BCUT2D eigenvalue weighted by Gasteiger charge is 2.68. The minimum Gasteiger partial charge on any atom is -0.326 e. The van der Waals surface area contributed by atoms with Gasteiger partial charge >= 0.3 is 0 Å². The van der Waals surface area contributed by atoms with E-state index in [0.717, 1.165) is 12.1 Å². The fourth-order valence-corrected chi connectivity index (χ4v) is 2.89. The van der Waals surface area contributed by atoms with Gasteiger partial charge in [-0.25, -0.2) is 0 Å². The largest absolute Gasteiger partial charge is 0.326 e. The van der Waals surface area contributed by atoms with Crippen LogP contribution >= 0.6 is 0 Å². The summed E-state index contributed by atoms with van der Waals surface area (Å²) in [6.07, 6.45) is 1.02. The van der Waals surface area contributed by atoms with E-state index >= 15 is 0 Å². The molecule has 0 heterocycles. The number of rotatable bonds is 3. The molecule has 0 aliphatic heterocycles. The summed E-state index contributed by atoms with van der Waals surface area (Å²) in [5.74, 6) is 0.255. The van der Waals surface area contributed by atoms with Crippen LogP contribution < -0.4 is 5.32 Å². The molecule has 1 aliphatic carbocycles. The Kier molecular flexibility index (Phi) is 3.00. The molecular weight excluding hydrogens is 222 g/mol. The fourth-order valence-electron chi connectivity index (χ4n) is 2.89. The van der Waals surface area contributed by atoms with Crippen molar-refractivity contribution < 1.29 is 4.79 Å². The van der Waals surface area contributed by atoms with E-state index in [1.807, 2.05) is 12.1 Å². The van der Waals surface area contributed by atoms with Gasteiger partial charge in [0.1, 0.15) is 0 Å². The van der Waals surface area contributed by atoms with Crippen LogP contribution in [0.5, 0.6) is 0 Å². The number of benzene rings is 1. The van der Waals surface area contributed by atoms with Crippen molar-refractivity contribution in [2.75, 3.05) is 5.32 Å². The Morgan fingerprint density at radius 2 is 1.61 bits per heavy atom. The first kappa shape index (κ1) is 13.1. The average Bonchev–Trinajstić information content (AvgIpc) is 2.70. The predicted octanol–water partition coefficient (Wildman–Crippen LogP) is 3.87. The summed E-state index contributed by atoms with van der Waals surface area (Å²) >= 11 is 0. The Hall–Kier alpha value is -1.31. The van der Waals surface area contributed by atoms with E-state index in [9.17, 15) is 4.79 Å². The molecule has 18 heavy (non-hydrogen) atoms. The minimum absolute atomic E-state index is 0.0977. The molecule has 0 saturated heterocycles. The van der Waals surface area contributed by atoms with E-state index in [1.54, 1.807) is 0 Å². The summed E-state index contributed by atoms with van der Waals surface area (Å²) < 4.78 is 0. The third kappa shape index (κ3) is 1.94. The molecule has 1 saturated carbocycles. The molecule has 1 aromatic rings. The summed E-state index contributed by atoms with van der Waals surface area (Å²) in [6.45, 7) is 10.8. The molecule has 1 N–H and O–H groups in total. The predicted molar refractivity (Wildman–Crippen MR) is 75.5 cm³/mol. The quantitative estimate of drug-likeness (QED) is 0.860. The van der Waals surface area contributed by atoms with Crippen LogP contribution in [0.1, 0.15) is 40.2 Å². The van der Waals surface area contributed by atoms with Crippen LogP contribution in [0.4, 0.5) is 5.69 Å². The first-order chi connectivity index (χ1) is 8.30. The fraction of sp³-hybridized carbons (Fsp3) is 0.562. The molecule has 0 unspecified atom stereocenters. The van der Waals surface area contributed by atoms with E-state index in [-0.39, 0.29) is 22.7 Å². The van der Waals surface area contributed by atoms with Gasteiger partial charge in [0.05, 0.1) is 0 Å². The van der Waals surface area contributed by atoms with Crippen LogP contribution in [0.15, 0.2) is 24.3 Å². The molecule has 2 nitrogen and oxygen atoms in total. The van der Waals surface area contributed by atoms with Gasteiger partial charge in [-0.2, -0.15) is 0 Å². The number of carbonyl (C=O) groups excluding carboxylic acids is 1. The van der Waals surface area contributed by atoms with E-state index in [2.05, 4.69) is 52.1 Å². The van der Waals surface area contributed by atoms with Crippen molar-refractivity contribution >= 4 is 11.6 Å². The summed E-state index contributed by atoms with van der Waals surface area (Å²) in [5, 5.41) is 3.03. The number of anilines is 1. The van der Waals surface area contributed by atoms with Gasteiger partial charge in [0.2, 0.25) is 5.91 Å². The maximum absolute atomic E-state index is 12.2. The maximum Gasteiger partial charge on any atom is 0.228 e. The summed E-state index contributed by atoms with van der Waals surface area (Å²) in [6, 6.07) is 8.11. The smallest absolute Gasteiger partial charge is 0.228 e. The van der Waals surface area contributed by atoms with Crippen molar-refractivity contribution in [3.63, 3.8) is 0 Å². The van der Waals surface area contributed by atoms with Crippen molar-refractivity contribution in [2.45, 2.75) is 41.0 Å². The highest BCUT2D eigenvalue weighted by atomic mass is 16.2. The number of carbonyl (C=O) groups is 1. The number of nitrogens with one attached hydrogen (secondary N) is 1. The Balaban J connectivity index is 2.05. The van der Waals surface area contributed by atoms with E-state index in [1.165, 1.54) is 5.56 Å². The van der Waals surface area contributed by atoms with Gasteiger partial charge in [0.25, 0.3) is 0 Å². The molecule has 0 aromatic heterocycles. The van der Waals surface area contributed by atoms with E-state index in [4.69, 9.17) is 0 Å². The van der Waals surface area contributed by atoms with Gasteiger partial charge in [0, 0.05) is 11.6 Å². The van der Waals surface area contributed by atoms with Crippen LogP contribution in [-0.2, 0) is 11.2 Å². The Morgan fingerprint density at radius 3 is 2.00 bits per heavy atom. The number of hydrogen-bond donors (Lipinski definition) is 1. The topological polar surface area (TPSA) is 29.1 Å². The normalized spacial score (nSPS) is 20.5. The third-order valence-corrected chi connectivity index (χ3v) is 4.91. The molecule has 1 aliphatic rings. The van der Waals surface area contributed by atoms with Gasteiger partial charge < -0.3 is 5.32 Å². The second-order valence-electron chi connectivity index (χ2n) is 6.42. The zero-order valence-electron chi connectivity index (χ0n) is 12.0. The lowest BCUT2D eigenvalue weighted by Crippen LogP contribution is -2.17. The van der Waals surface area contributed by atoms with Crippen molar-refractivity contribution in [1.29, 1.82) is 0 Å². The maximum atomic E-state index is 12.2. The molecule has 1 aromatic carbocycles. The van der Waals surface area contributed by atoms with E-state index in [0.29, 0.717) is 0 Å². The van der Waals surface area contributed by atoms with Crippen LogP contribution in [0.2, 0.25) is 0 Å². The van der Waals surface area contributed by atoms with Crippen molar-refractivity contribution in [2.24, 2.45) is 16.7 Å². The molecular formula is C16H23NO. The van der Waals surface area contributed by atoms with Crippen LogP contribution in [0.3, 0.4) is 0 Å². The molecule has 0 bridgehead atoms. The first-order valence-corrected chi connectivity index (χ1v) is 6.70. The van der Waals surface area contributed by atoms with Crippen LogP contribution in [-0.4, -0.2) is 5.91 Å². The molecule has 1 fully saturated rings. The SMILES string of the molecule is CCc1ccc(NC(=O)C2C(C)(C)C2(C)C)cc1. The average molecular weight is 245 g/mol. The van der Waals surface area contributed by atoms with Crippen molar-refractivity contribution in [3.05, 3.63) is 29.8 Å². The Labute approximate surface area is 110 Å². The number of aryl methyl sites for hydroxylation is 1. The van der Waals surface area contributed by atoms with Crippen molar-refractivity contribution in [1.82, 2.24) is 0 Å². The molecule has 0 atom stereocenters. The first-order valence-electron chi connectivity index (χ1n) is 6.70. The van der Waals surface area contributed by atoms with Gasteiger partial charge in [0.15, 0.2) is 0 Å². The highest BCUT2D eigenvalue weighted by Crippen LogP contribution is 2.68.